The van der Waals surface area contributed by atoms with Crippen LogP contribution in [0, 0.1) is 0 Å². The van der Waals surface area contributed by atoms with E-state index >= 15 is 0 Å². The van der Waals surface area contributed by atoms with E-state index < -0.39 is 0 Å². The maximum atomic E-state index is 5.66. The quantitative estimate of drug-likeness (QED) is 0.708. The number of rotatable bonds is 6. The monoisotopic (exact) mass is 260 g/mol. The summed E-state index contributed by atoms with van der Waals surface area (Å²) in [6.45, 7) is 4.49. The van der Waals surface area contributed by atoms with Crippen molar-refractivity contribution in [3.8, 4) is 0 Å². The van der Waals surface area contributed by atoms with Gasteiger partial charge in [-0.25, -0.2) is 0 Å². The van der Waals surface area contributed by atoms with E-state index in [9.17, 15) is 0 Å². The molecule has 2 atom stereocenters. The third kappa shape index (κ3) is 6.81. The van der Waals surface area contributed by atoms with Gasteiger partial charge in [0, 0.05) is 26.3 Å². The second-order valence-electron chi connectivity index (χ2n) is 4.53. The first kappa shape index (κ1) is 14.7. The van der Waals surface area contributed by atoms with Gasteiger partial charge >= 0.3 is 0 Å². The standard InChI is InChI=1S/C12H24N2O2S/c1-10(9-15-2)14-12(17)13-7-6-11-5-3-4-8-16-11/h10-11H,3-9H2,1-2H3,(H2,13,14,17). The number of hydrogen-bond acceptors (Lipinski definition) is 3. The molecule has 0 aromatic rings. The van der Waals surface area contributed by atoms with Crippen LogP contribution in [0.1, 0.15) is 32.6 Å². The molecule has 2 unspecified atom stereocenters. The lowest BCUT2D eigenvalue weighted by Gasteiger charge is -2.23. The van der Waals surface area contributed by atoms with Gasteiger partial charge in [-0.2, -0.15) is 0 Å². The highest BCUT2D eigenvalue weighted by molar-refractivity contribution is 7.80. The molecule has 1 aliphatic heterocycles. The lowest BCUT2D eigenvalue weighted by Crippen LogP contribution is -2.43. The Morgan fingerprint density at radius 3 is 3.00 bits per heavy atom. The van der Waals surface area contributed by atoms with Crippen molar-refractivity contribution in [3.63, 3.8) is 0 Å². The molecule has 1 rings (SSSR count). The second kappa shape index (κ2) is 8.66. The molecule has 0 aliphatic carbocycles. The van der Waals surface area contributed by atoms with Crippen LogP contribution in [0.4, 0.5) is 0 Å². The van der Waals surface area contributed by atoms with Crippen LogP contribution in [-0.4, -0.2) is 44.1 Å². The third-order valence-corrected chi connectivity index (χ3v) is 3.08. The zero-order valence-electron chi connectivity index (χ0n) is 10.8. The number of hydrogen-bond donors (Lipinski definition) is 2. The Morgan fingerprint density at radius 1 is 1.53 bits per heavy atom. The van der Waals surface area contributed by atoms with Gasteiger partial charge in [0.25, 0.3) is 0 Å². The minimum atomic E-state index is 0.242. The first-order chi connectivity index (χ1) is 8.22. The van der Waals surface area contributed by atoms with Crippen LogP contribution in [0.25, 0.3) is 0 Å². The lowest BCUT2D eigenvalue weighted by molar-refractivity contribution is 0.0122. The fraction of sp³-hybridized carbons (Fsp3) is 0.917. The van der Waals surface area contributed by atoms with Crippen molar-refractivity contribution < 1.29 is 9.47 Å². The zero-order chi connectivity index (χ0) is 12.5. The van der Waals surface area contributed by atoms with Gasteiger partial charge in [-0.15, -0.1) is 0 Å². The average Bonchev–Trinajstić information content (AvgIpc) is 2.30. The maximum Gasteiger partial charge on any atom is 0.166 e. The van der Waals surface area contributed by atoms with Crippen LogP contribution in [-0.2, 0) is 9.47 Å². The largest absolute Gasteiger partial charge is 0.383 e. The molecular formula is C12H24N2O2S. The minimum absolute atomic E-state index is 0.242. The van der Waals surface area contributed by atoms with Gasteiger partial charge in [0.15, 0.2) is 5.11 Å². The molecule has 100 valence electrons. The van der Waals surface area contributed by atoms with Crippen molar-refractivity contribution in [1.29, 1.82) is 0 Å². The fourth-order valence-corrected chi connectivity index (χ4v) is 2.25. The topological polar surface area (TPSA) is 42.5 Å². The summed E-state index contributed by atoms with van der Waals surface area (Å²) in [6.07, 6.45) is 5.12. The van der Waals surface area contributed by atoms with Crippen LogP contribution in [0.5, 0.6) is 0 Å². The Labute approximate surface area is 109 Å². The molecule has 4 nitrogen and oxygen atoms in total. The van der Waals surface area contributed by atoms with Gasteiger partial charge < -0.3 is 20.1 Å². The molecule has 0 saturated carbocycles. The summed E-state index contributed by atoms with van der Waals surface area (Å²) >= 11 is 5.19. The molecular weight excluding hydrogens is 236 g/mol. The summed E-state index contributed by atoms with van der Waals surface area (Å²) in [6, 6.07) is 0.242. The van der Waals surface area contributed by atoms with E-state index in [1.807, 2.05) is 6.92 Å². The summed E-state index contributed by atoms with van der Waals surface area (Å²) in [5.41, 5.74) is 0. The number of ether oxygens (including phenoxy) is 2. The third-order valence-electron chi connectivity index (χ3n) is 2.82. The Bertz CT molecular complexity index is 221. The first-order valence-electron chi connectivity index (χ1n) is 6.37. The van der Waals surface area contributed by atoms with Gasteiger partial charge in [-0.1, -0.05) is 0 Å². The first-order valence-corrected chi connectivity index (χ1v) is 6.78. The smallest absolute Gasteiger partial charge is 0.166 e. The van der Waals surface area contributed by atoms with Crippen molar-refractivity contribution in [1.82, 2.24) is 10.6 Å². The molecule has 2 N–H and O–H groups in total. The Balaban J connectivity index is 2.03. The van der Waals surface area contributed by atoms with Crippen LogP contribution >= 0.6 is 12.2 Å². The van der Waals surface area contributed by atoms with Crippen molar-refractivity contribution in [2.24, 2.45) is 0 Å². The van der Waals surface area contributed by atoms with Gasteiger partial charge in [-0.3, -0.25) is 0 Å². The van der Waals surface area contributed by atoms with E-state index in [-0.39, 0.29) is 6.04 Å². The highest BCUT2D eigenvalue weighted by Gasteiger charge is 2.13. The van der Waals surface area contributed by atoms with E-state index in [0.29, 0.717) is 17.8 Å². The van der Waals surface area contributed by atoms with E-state index in [4.69, 9.17) is 21.7 Å². The van der Waals surface area contributed by atoms with Crippen LogP contribution in [0.3, 0.4) is 0 Å². The molecule has 1 saturated heterocycles. The van der Waals surface area contributed by atoms with Crippen LogP contribution in [0.2, 0.25) is 0 Å². The summed E-state index contributed by atoms with van der Waals surface area (Å²) < 4.78 is 10.7. The Kier molecular flexibility index (Phi) is 7.48. The number of thiocarbonyl (C=S) groups is 1. The van der Waals surface area contributed by atoms with Gasteiger partial charge in [0.1, 0.15) is 0 Å². The molecule has 0 amide bonds. The Hall–Kier alpha value is -0.390. The van der Waals surface area contributed by atoms with Gasteiger partial charge in [0.05, 0.1) is 12.7 Å². The zero-order valence-corrected chi connectivity index (χ0v) is 11.6. The van der Waals surface area contributed by atoms with E-state index in [2.05, 4.69) is 10.6 Å². The lowest BCUT2D eigenvalue weighted by atomic mass is 10.1. The Morgan fingerprint density at radius 2 is 2.35 bits per heavy atom. The molecule has 1 aliphatic rings. The predicted octanol–water partition coefficient (Wildman–Crippen LogP) is 1.44. The highest BCUT2D eigenvalue weighted by atomic mass is 32.1. The van der Waals surface area contributed by atoms with Crippen molar-refractivity contribution in [2.75, 3.05) is 26.9 Å². The molecule has 0 bridgehead atoms. The summed E-state index contributed by atoms with van der Waals surface area (Å²) in [5.74, 6) is 0. The maximum absolute atomic E-state index is 5.66. The summed E-state index contributed by atoms with van der Waals surface area (Å²) in [7, 11) is 1.69. The highest BCUT2D eigenvalue weighted by Crippen LogP contribution is 2.14. The van der Waals surface area contributed by atoms with Crippen molar-refractivity contribution in [2.45, 2.75) is 44.8 Å². The van der Waals surface area contributed by atoms with E-state index in [1.54, 1.807) is 7.11 Å². The summed E-state index contributed by atoms with van der Waals surface area (Å²) in [4.78, 5) is 0. The normalized spacial score (nSPS) is 21.9. The summed E-state index contributed by atoms with van der Waals surface area (Å²) in [5, 5.41) is 7.08. The fourth-order valence-electron chi connectivity index (χ4n) is 1.95. The van der Waals surface area contributed by atoms with Gasteiger partial charge in [0.2, 0.25) is 0 Å². The van der Waals surface area contributed by atoms with E-state index in [0.717, 1.165) is 19.6 Å². The number of nitrogens with one attached hydrogen (secondary N) is 2. The second-order valence-corrected chi connectivity index (χ2v) is 4.94. The molecule has 0 aromatic heterocycles. The molecule has 5 heteroatoms. The van der Waals surface area contributed by atoms with Crippen molar-refractivity contribution >= 4 is 17.3 Å². The SMILES string of the molecule is COCC(C)NC(=S)NCCC1CCCCO1. The molecule has 0 radical (unpaired) electrons. The minimum Gasteiger partial charge on any atom is -0.383 e. The van der Waals surface area contributed by atoms with Gasteiger partial charge in [-0.05, 0) is 44.8 Å². The molecule has 17 heavy (non-hydrogen) atoms. The van der Waals surface area contributed by atoms with Crippen LogP contribution in [0.15, 0.2) is 0 Å². The van der Waals surface area contributed by atoms with Crippen LogP contribution < -0.4 is 10.6 Å². The molecule has 1 heterocycles. The number of methoxy groups -OCH3 is 1. The van der Waals surface area contributed by atoms with E-state index in [1.165, 1.54) is 19.3 Å². The average molecular weight is 260 g/mol. The molecule has 0 aromatic carbocycles. The molecule has 1 fully saturated rings. The predicted molar refractivity (Wildman–Crippen MR) is 73.3 cm³/mol. The van der Waals surface area contributed by atoms with Crippen molar-refractivity contribution in [3.05, 3.63) is 0 Å². The molecule has 0 spiro atoms.